The van der Waals surface area contributed by atoms with Gasteiger partial charge in [0.25, 0.3) is 10.0 Å². The quantitative estimate of drug-likeness (QED) is 0.343. The van der Waals surface area contributed by atoms with Gasteiger partial charge in [0, 0.05) is 28.2 Å². The predicted molar refractivity (Wildman–Crippen MR) is 163 cm³/mol. The molecule has 1 atom stereocenters. The molecule has 0 spiro atoms. The van der Waals surface area contributed by atoms with Crippen LogP contribution in [0, 0.1) is 0 Å². The van der Waals surface area contributed by atoms with Crippen LogP contribution in [0.3, 0.4) is 0 Å². The summed E-state index contributed by atoms with van der Waals surface area (Å²) >= 11 is 12.5. The lowest BCUT2D eigenvalue weighted by Gasteiger charge is -2.34. The Balaban J connectivity index is 1.75. The van der Waals surface area contributed by atoms with Gasteiger partial charge in [-0.3, -0.25) is 13.9 Å². The number of anilines is 1. The fourth-order valence-corrected chi connectivity index (χ4v) is 6.22. The zero-order valence-electron chi connectivity index (χ0n) is 23.8. The third kappa shape index (κ3) is 7.48. The molecule has 3 aromatic carbocycles. The average molecular weight is 635 g/mol. The van der Waals surface area contributed by atoms with Crippen LogP contribution in [0.2, 0.25) is 10.0 Å². The summed E-state index contributed by atoms with van der Waals surface area (Å²) in [6.45, 7) is 7.08. The molecule has 42 heavy (non-hydrogen) atoms. The van der Waals surface area contributed by atoms with Crippen molar-refractivity contribution in [1.29, 1.82) is 0 Å². The van der Waals surface area contributed by atoms with Crippen LogP contribution in [0.25, 0.3) is 0 Å². The number of carbonyl (C=O) groups excluding carboxylic acids is 2. The number of halogens is 2. The topological polar surface area (TPSA) is 105 Å². The lowest BCUT2D eigenvalue weighted by Crippen LogP contribution is -2.54. The van der Waals surface area contributed by atoms with Gasteiger partial charge in [-0.1, -0.05) is 47.5 Å². The van der Waals surface area contributed by atoms with Gasteiger partial charge in [-0.2, -0.15) is 0 Å². The standard InChI is InChI=1S/C30H33Cl2N3O6S/c1-20(29(37)33-30(2,3)4)34(18-21-10-11-22(31)16-25(21)32)28(36)19-35(42(38,39)24-8-6-5-7-9-24)23-12-13-26-27(17-23)41-15-14-40-26/h5-13,16-17,20H,14-15,18-19H2,1-4H3,(H,33,37)/t20-/m1/s1. The lowest BCUT2D eigenvalue weighted by molar-refractivity contribution is -0.140. The van der Waals surface area contributed by atoms with Crippen LogP contribution in [0.1, 0.15) is 33.3 Å². The number of benzene rings is 3. The summed E-state index contributed by atoms with van der Waals surface area (Å²) in [6.07, 6.45) is 0. The Morgan fingerprint density at radius 1 is 0.952 bits per heavy atom. The van der Waals surface area contributed by atoms with Crippen LogP contribution >= 0.6 is 23.2 Å². The molecule has 3 aromatic rings. The molecule has 224 valence electrons. The fraction of sp³-hybridized carbons (Fsp3) is 0.333. The highest BCUT2D eigenvalue weighted by atomic mass is 35.5. The summed E-state index contributed by atoms with van der Waals surface area (Å²) in [5, 5.41) is 3.62. The van der Waals surface area contributed by atoms with Gasteiger partial charge in [0.2, 0.25) is 11.8 Å². The number of hydrogen-bond donors (Lipinski definition) is 1. The predicted octanol–water partition coefficient (Wildman–Crippen LogP) is 5.29. The Morgan fingerprint density at radius 2 is 1.62 bits per heavy atom. The molecule has 0 saturated heterocycles. The van der Waals surface area contributed by atoms with Crippen LogP contribution in [-0.4, -0.2) is 56.5 Å². The fourth-order valence-electron chi connectivity index (χ4n) is 4.33. The Kier molecular flexibility index (Phi) is 9.60. The number of rotatable bonds is 9. The Hall–Kier alpha value is -3.47. The van der Waals surface area contributed by atoms with Gasteiger partial charge in [0.05, 0.1) is 10.6 Å². The molecule has 0 fully saturated rings. The minimum Gasteiger partial charge on any atom is -0.486 e. The molecule has 0 radical (unpaired) electrons. The van der Waals surface area contributed by atoms with Gasteiger partial charge in [0.1, 0.15) is 25.8 Å². The van der Waals surface area contributed by atoms with Gasteiger partial charge < -0.3 is 19.7 Å². The van der Waals surface area contributed by atoms with Crippen molar-refractivity contribution in [2.45, 2.75) is 50.7 Å². The zero-order chi connectivity index (χ0) is 30.7. The molecule has 1 aliphatic rings. The molecule has 0 saturated carbocycles. The van der Waals surface area contributed by atoms with Crippen molar-refractivity contribution in [2.75, 3.05) is 24.1 Å². The number of fused-ring (bicyclic) bond motifs is 1. The summed E-state index contributed by atoms with van der Waals surface area (Å²) in [7, 11) is -4.23. The number of sulfonamides is 1. The average Bonchev–Trinajstić information content (AvgIpc) is 2.94. The molecule has 1 aliphatic heterocycles. The zero-order valence-corrected chi connectivity index (χ0v) is 26.1. The van der Waals surface area contributed by atoms with Gasteiger partial charge in [0.15, 0.2) is 11.5 Å². The van der Waals surface area contributed by atoms with E-state index >= 15 is 0 Å². The summed E-state index contributed by atoms with van der Waals surface area (Å²) < 4.78 is 40.2. The van der Waals surface area contributed by atoms with Crippen molar-refractivity contribution >= 4 is 50.7 Å². The van der Waals surface area contributed by atoms with E-state index in [1.807, 2.05) is 20.8 Å². The minimum atomic E-state index is -4.23. The Bertz CT molecular complexity index is 1560. The van der Waals surface area contributed by atoms with Crippen LogP contribution < -0.4 is 19.1 Å². The second kappa shape index (κ2) is 12.8. The first-order valence-electron chi connectivity index (χ1n) is 13.3. The maximum absolute atomic E-state index is 14.1. The smallest absolute Gasteiger partial charge is 0.264 e. The summed E-state index contributed by atoms with van der Waals surface area (Å²) in [5.74, 6) is -0.188. The third-order valence-corrected chi connectivity index (χ3v) is 8.82. The first-order chi connectivity index (χ1) is 19.8. The van der Waals surface area contributed by atoms with Crippen molar-refractivity contribution < 1.29 is 27.5 Å². The molecule has 9 nitrogen and oxygen atoms in total. The van der Waals surface area contributed by atoms with E-state index in [4.69, 9.17) is 32.7 Å². The van der Waals surface area contributed by atoms with Crippen LogP contribution in [-0.2, 0) is 26.2 Å². The number of nitrogens with one attached hydrogen (secondary N) is 1. The van der Waals surface area contributed by atoms with E-state index in [9.17, 15) is 18.0 Å². The lowest BCUT2D eigenvalue weighted by atomic mass is 10.1. The summed E-state index contributed by atoms with van der Waals surface area (Å²) in [6, 6.07) is 16.4. The van der Waals surface area contributed by atoms with Crippen molar-refractivity contribution in [3.8, 4) is 11.5 Å². The number of amides is 2. The van der Waals surface area contributed by atoms with E-state index in [0.717, 1.165) is 4.31 Å². The third-order valence-electron chi connectivity index (χ3n) is 6.45. The van der Waals surface area contributed by atoms with Crippen molar-refractivity contribution in [2.24, 2.45) is 0 Å². The maximum atomic E-state index is 14.1. The number of carbonyl (C=O) groups is 2. The first-order valence-corrected chi connectivity index (χ1v) is 15.5. The van der Waals surface area contributed by atoms with Crippen LogP contribution in [0.4, 0.5) is 5.69 Å². The second-order valence-corrected chi connectivity index (χ2v) is 13.5. The molecule has 0 bridgehead atoms. The van der Waals surface area contributed by atoms with Crippen LogP contribution in [0.5, 0.6) is 11.5 Å². The van der Waals surface area contributed by atoms with E-state index in [1.165, 1.54) is 23.1 Å². The molecule has 1 heterocycles. The molecule has 2 amide bonds. The minimum absolute atomic E-state index is 0.00138. The number of nitrogens with zero attached hydrogens (tertiary/aromatic N) is 2. The number of hydrogen-bond acceptors (Lipinski definition) is 6. The number of ether oxygens (including phenoxy) is 2. The maximum Gasteiger partial charge on any atom is 0.264 e. The van der Waals surface area contributed by atoms with E-state index in [1.54, 1.807) is 55.5 Å². The summed E-state index contributed by atoms with van der Waals surface area (Å²) in [5.41, 5.74) is 0.181. The summed E-state index contributed by atoms with van der Waals surface area (Å²) in [4.78, 5) is 28.7. The van der Waals surface area contributed by atoms with Crippen molar-refractivity contribution in [3.63, 3.8) is 0 Å². The second-order valence-electron chi connectivity index (χ2n) is 10.8. The molecule has 0 aromatic heterocycles. The van der Waals surface area contributed by atoms with Gasteiger partial charge >= 0.3 is 0 Å². The molecule has 1 N–H and O–H groups in total. The van der Waals surface area contributed by atoms with Gasteiger partial charge in [-0.15, -0.1) is 0 Å². The van der Waals surface area contributed by atoms with Gasteiger partial charge in [-0.25, -0.2) is 8.42 Å². The molecular weight excluding hydrogens is 601 g/mol. The molecule has 12 heteroatoms. The van der Waals surface area contributed by atoms with Gasteiger partial charge in [-0.05, 0) is 69.7 Å². The van der Waals surface area contributed by atoms with E-state index in [-0.39, 0.29) is 17.1 Å². The molecule has 0 aliphatic carbocycles. The van der Waals surface area contributed by atoms with Crippen molar-refractivity contribution in [3.05, 3.63) is 82.3 Å². The van der Waals surface area contributed by atoms with E-state index in [2.05, 4.69) is 5.32 Å². The van der Waals surface area contributed by atoms with Crippen LogP contribution in [0.15, 0.2) is 71.6 Å². The highest BCUT2D eigenvalue weighted by Crippen LogP contribution is 2.36. The van der Waals surface area contributed by atoms with E-state index in [0.29, 0.717) is 40.3 Å². The largest absolute Gasteiger partial charge is 0.486 e. The highest BCUT2D eigenvalue weighted by molar-refractivity contribution is 7.92. The molecule has 4 rings (SSSR count). The first kappa shape index (κ1) is 31.5. The van der Waals surface area contributed by atoms with E-state index < -0.39 is 40.0 Å². The normalized spacial score (nSPS) is 13.7. The monoisotopic (exact) mass is 633 g/mol. The van der Waals surface area contributed by atoms with Crippen molar-refractivity contribution in [1.82, 2.24) is 10.2 Å². The molecule has 0 unspecified atom stereocenters. The molecular formula is C30H33Cl2N3O6S. The SMILES string of the molecule is C[C@H](C(=O)NC(C)(C)C)N(Cc1ccc(Cl)cc1Cl)C(=O)CN(c1ccc2c(c1)OCCO2)S(=O)(=O)c1ccccc1. The Morgan fingerprint density at radius 3 is 2.26 bits per heavy atom. The highest BCUT2D eigenvalue weighted by Gasteiger charge is 2.34. The Labute approximate surface area is 256 Å².